The molecule has 0 aromatic heterocycles. The molecular weight excluding hydrogens is 398 g/mol. The van der Waals surface area contributed by atoms with E-state index in [0.717, 1.165) is 29.6 Å². The van der Waals surface area contributed by atoms with E-state index in [9.17, 15) is 0 Å². The molecule has 1 saturated carbocycles. The highest BCUT2D eigenvalue weighted by Gasteiger charge is 2.42. The van der Waals surface area contributed by atoms with Gasteiger partial charge < -0.3 is 10.6 Å². The topological polar surface area (TPSA) is 41.6 Å². The highest BCUT2D eigenvalue weighted by Crippen LogP contribution is 2.43. The lowest BCUT2D eigenvalue weighted by Gasteiger charge is -2.39. The average Bonchev–Trinajstić information content (AvgIpc) is 3.08. The Bertz CT molecular complexity index is 887. The molecule has 1 aromatic carbocycles. The predicted octanol–water partition coefficient (Wildman–Crippen LogP) is 5.09. The van der Waals surface area contributed by atoms with E-state index < -0.39 is 0 Å². The summed E-state index contributed by atoms with van der Waals surface area (Å²) in [5.74, 6) is 1.48. The largest absolute Gasteiger partial charge is 0.326 e. The summed E-state index contributed by atoms with van der Waals surface area (Å²) in [6, 6.07) is 9.34. The van der Waals surface area contributed by atoms with Crippen molar-refractivity contribution < 1.29 is 0 Å². The van der Waals surface area contributed by atoms with Crippen molar-refractivity contribution in [3.05, 3.63) is 82.5 Å². The van der Waals surface area contributed by atoms with Gasteiger partial charge in [0, 0.05) is 17.7 Å². The number of nitrogens with two attached hydrogens (primary N) is 1. The van der Waals surface area contributed by atoms with Crippen LogP contribution in [0.1, 0.15) is 42.9 Å². The van der Waals surface area contributed by atoms with Gasteiger partial charge in [-0.1, -0.05) is 48.6 Å². The van der Waals surface area contributed by atoms with E-state index in [2.05, 4.69) is 87.8 Å². The first kappa shape index (κ1) is 17.2. The third kappa shape index (κ3) is 2.86. The van der Waals surface area contributed by atoms with Crippen molar-refractivity contribution in [2.75, 3.05) is 0 Å². The highest BCUT2D eigenvalue weighted by molar-refractivity contribution is 9.12. The molecule has 4 aliphatic rings. The molecule has 0 radical (unpaired) electrons. The highest BCUT2D eigenvalue weighted by atomic mass is 79.9. The van der Waals surface area contributed by atoms with Crippen LogP contribution in [0.25, 0.3) is 0 Å². The zero-order valence-electron chi connectivity index (χ0n) is 15.3. The van der Waals surface area contributed by atoms with Crippen LogP contribution in [-0.2, 0) is 5.54 Å². The molecule has 3 nitrogen and oxygen atoms in total. The average molecular weight is 422 g/mol. The number of fused-ring (bicyclic) bond motifs is 1. The van der Waals surface area contributed by atoms with Gasteiger partial charge in [-0.2, -0.15) is 0 Å². The summed E-state index contributed by atoms with van der Waals surface area (Å²) in [7, 11) is 0. The maximum atomic E-state index is 6.51. The quantitative estimate of drug-likeness (QED) is 0.738. The third-order valence-corrected chi connectivity index (χ3v) is 7.00. The van der Waals surface area contributed by atoms with Gasteiger partial charge in [-0.3, -0.25) is 4.99 Å². The molecule has 2 aliphatic carbocycles. The van der Waals surface area contributed by atoms with E-state index in [4.69, 9.17) is 10.7 Å². The lowest BCUT2D eigenvalue weighted by atomic mass is 9.72. The number of allylic oxidation sites excluding steroid dienone is 5. The Labute approximate surface area is 169 Å². The van der Waals surface area contributed by atoms with Gasteiger partial charge >= 0.3 is 0 Å². The molecule has 4 heteroatoms. The Morgan fingerprint density at radius 1 is 1.11 bits per heavy atom. The van der Waals surface area contributed by atoms with Gasteiger partial charge in [-0.25, -0.2) is 0 Å². The Morgan fingerprint density at radius 2 is 1.93 bits per heavy atom. The summed E-state index contributed by atoms with van der Waals surface area (Å²) in [5, 5.41) is 0. The van der Waals surface area contributed by atoms with Gasteiger partial charge in [0.1, 0.15) is 5.84 Å². The van der Waals surface area contributed by atoms with Crippen LogP contribution < -0.4 is 5.73 Å². The van der Waals surface area contributed by atoms with E-state index in [1.165, 1.54) is 17.5 Å². The fourth-order valence-electron chi connectivity index (χ4n) is 4.64. The molecule has 2 aliphatic heterocycles. The molecule has 1 aromatic rings. The Morgan fingerprint density at radius 3 is 2.59 bits per heavy atom. The number of aliphatic imine (C=N–C) groups is 1. The van der Waals surface area contributed by atoms with E-state index in [0.29, 0.717) is 12.0 Å². The van der Waals surface area contributed by atoms with E-state index in [1.54, 1.807) is 0 Å². The Kier molecular flexibility index (Phi) is 4.21. The van der Waals surface area contributed by atoms with E-state index >= 15 is 0 Å². The molecule has 0 saturated heterocycles. The number of rotatable bonds is 3. The molecule has 0 amide bonds. The molecule has 3 atom stereocenters. The zero-order chi connectivity index (χ0) is 18.4. The summed E-state index contributed by atoms with van der Waals surface area (Å²) >= 11 is 3.69. The maximum absolute atomic E-state index is 6.51. The Hall–Kier alpha value is -1.91. The lowest BCUT2D eigenvalue weighted by Crippen LogP contribution is -2.43. The molecule has 5 rings (SSSR count). The minimum absolute atomic E-state index is 0.109. The van der Waals surface area contributed by atoms with Gasteiger partial charge in [0.05, 0.1) is 16.6 Å². The number of amidine groups is 1. The van der Waals surface area contributed by atoms with Crippen LogP contribution in [-0.4, -0.2) is 16.8 Å². The zero-order valence-corrected chi connectivity index (χ0v) is 16.8. The van der Waals surface area contributed by atoms with Crippen LogP contribution in [0.15, 0.2) is 76.4 Å². The number of benzene rings is 1. The van der Waals surface area contributed by atoms with Crippen molar-refractivity contribution in [2.45, 2.75) is 43.3 Å². The van der Waals surface area contributed by atoms with Crippen LogP contribution >= 0.6 is 15.9 Å². The van der Waals surface area contributed by atoms with Crippen LogP contribution in [0.4, 0.5) is 0 Å². The van der Waals surface area contributed by atoms with E-state index in [-0.39, 0.29) is 11.6 Å². The first-order valence-corrected chi connectivity index (χ1v) is 10.6. The van der Waals surface area contributed by atoms with Crippen molar-refractivity contribution >= 4 is 21.8 Å². The molecule has 1 fully saturated rings. The second-order valence-electron chi connectivity index (χ2n) is 8.00. The number of halogens is 1. The van der Waals surface area contributed by atoms with Crippen LogP contribution in [0, 0.1) is 5.92 Å². The van der Waals surface area contributed by atoms with Gasteiger partial charge in [0.15, 0.2) is 0 Å². The first-order valence-electron chi connectivity index (χ1n) is 9.79. The molecule has 2 heterocycles. The summed E-state index contributed by atoms with van der Waals surface area (Å²) in [5.41, 5.74) is 8.93. The van der Waals surface area contributed by atoms with Crippen molar-refractivity contribution in [3.63, 3.8) is 0 Å². The van der Waals surface area contributed by atoms with Crippen LogP contribution in [0.3, 0.4) is 0 Å². The number of hydrogen-bond acceptors (Lipinski definition) is 3. The normalized spacial score (nSPS) is 30.6. The van der Waals surface area contributed by atoms with Crippen molar-refractivity contribution in [3.8, 4) is 0 Å². The molecular formula is C23H24BrN3. The lowest BCUT2D eigenvalue weighted by molar-refractivity contribution is 0.253. The second-order valence-corrected chi connectivity index (χ2v) is 8.85. The Balaban J connectivity index is 1.50. The van der Waals surface area contributed by atoms with Crippen LogP contribution in [0.2, 0.25) is 0 Å². The second kappa shape index (κ2) is 6.61. The number of hydrogen-bond donors (Lipinski definition) is 1. The smallest absolute Gasteiger partial charge is 0.143 e. The fourth-order valence-corrected chi connectivity index (χ4v) is 5.10. The molecule has 0 bridgehead atoms. The van der Waals surface area contributed by atoms with Crippen molar-refractivity contribution in [1.29, 1.82) is 0 Å². The fraction of sp³-hybridized carbons (Fsp3) is 0.348. The molecule has 2 N–H and O–H groups in total. The third-order valence-electron chi connectivity index (χ3n) is 6.38. The summed E-state index contributed by atoms with van der Waals surface area (Å²) in [4.78, 5) is 7.47. The minimum atomic E-state index is -0.109. The maximum Gasteiger partial charge on any atom is 0.143 e. The standard InChI is InChI=1S/C23H24BrN3/c24-19-8-4-15-27-21(17-6-2-1-3-7-17)20(26-22(19)27)16-9-11-18(12-10-16)23(25)13-5-14-23/h1-4,6,8-12,15,17,20-21H,5,7,13-14,25H2. The van der Waals surface area contributed by atoms with Crippen LogP contribution in [0.5, 0.6) is 0 Å². The molecule has 3 unspecified atom stereocenters. The first-order chi connectivity index (χ1) is 13.2. The minimum Gasteiger partial charge on any atom is -0.326 e. The summed E-state index contributed by atoms with van der Waals surface area (Å²) in [6.45, 7) is 0. The monoisotopic (exact) mass is 421 g/mol. The van der Waals surface area contributed by atoms with E-state index in [1.807, 2.05) is 0 Å². The van der Waals surface area contributed by atoms with Gasteiger partial charge in [-0.05, 0) is 64.9 Å². The summed E-state index contributed by atoms with van der Waals surface area (Å²) < 4.78 is 1.06. The molecule has 27 heavy (non-hydrogen) atoms. The molecule has 138 valence electrons. The van der Waals surface area contributed by atoms with Gasteiger partial charge in [-0.15, -0.1) is 0 Å². The summed E-state index contributed by atoms with van der Waals surface area (Å²) in [6.07, 6.45) is 19.7. The van der Waals surface area contributed by atoms with Crippen molar-refractivity contribution in [1.82, 2.24) is 4.90 Å². The molecule has 0 spiro atoms. The van der Waals surface area contributed by atoms with Gasteiger partial charge in [0.2, 0.25) is 0 Å². The van der Waals surface area contributed by atoms with Gasteiger partial charge in [0.25, 0.3) is 0 Å². The van der Waals surface area contributed by atoms with Crippen molar-refractivity contribution in [2.24, 2.45) is 16.6 Å². The SMILES string of the molecule is NC1(c2ccc(C3N=C4C(Br)=CC=CN4C3C3C=CC=CC3)cc2)CCC1. The number of nitrogens with zero attached hydrogens (tertiary/aromatic N) is 2. The predicted molar refractivity (Wildman–Crippen MR) is 114 cm³/mol.